The Bertz CT molecular complexity index is 536. The summed E-state index contributed by atoms with van der Waals surface area (Å²) < 4.78 is 1.36. The van der Waals surface area contributed by atoms with E-state index < -0.39 is 19.7 Å². The van der Waals surface area contributed by atoms with Crippen molar-refractivity contribution in [3.05, 3.63) is 11.6 Å². The minimum atomic E-state index is -2.19. The predicted octanol–water partition coefficient (Wildman–Crippen LogP) is 2.75. The number of hydrogen-bond acceptors (Lipinski definition) is 3. The Morgan fingerprint density at radius 2 is 1.71 bits per heavy atom. The maximum atomic E-state index is 13.0. The number of carbonyl (C=O) groups excluding carboxylic acids is 3. The molecule has 1 unspecified atom stereocenters. The van der Waals surface area contributed by atoms with Crippen LogP contribution in [0.2, 0.25) is 19.6 Å². The third kappa shape index (κ3) is 2.35. The summed E-state index contributed by atoms with van der Waals surface area (Å²) in [4.78, 5) is 39.2. The fourth-order valence-corrected chi connectivity index (χ4v) is 4.69. The number of imide groups is 2. The summed E-state index contributed by atoms with van der Waals surface area (Å²) >= 11 is 0. The molecule has 0 saturated carbocycles. The second-order valence-corrected chi connectivity index (χ2v) is 11.8. The van der Waals surface area contributed by atoms with E-state index in [9.17, 15) is 14.4 Å². The molecular weight excluding hydrogens is 284 g/mol. The second-order valence-electron chi connectivity index (χ2n) is 7.06. The Balaban J connectivity index is 2.54. The molecule has 2 aliphatic rings. The van der Waals surface area contributed by atoms with Crippen LogP contribution in [0.3, 0.4) is 0 Å². The van der Waals surface area contributed by atoms with Crippen molar-refractivity contribution in [2.75, 3.05) is 7.05 Å². The van der Waals surface area contributed by atoms with Crippen molar-refractivity contribution < 1.29 is 14.4 Å². The number of urea groups is 1. The van der Waals surface area contributed by atoms with E-state index >= 15 is 0 Å². The van der Waals surface area contributed by atoms with Crippen LogP contribution in [0.5, 0.6) is 0 Å². The van der Waals surface area contributed by atoms with Gasteiger partial charge in [-0.15, -0.1) is 0 Å². The zero-order valence-corrected chi connectivity index (χ0v) is 14.5. The Morgan fingerprint density at radius 1 is 1.10 bits per heavy atom. The highest BCUT2D eigenvalue weighted by Gasteiger charge is 2.57. The van der Waals surface area contributed by atoms with E-state index in [1.807, 2.05) is 25.7 Å². The van der Waals surface area contributed by atoms with E-state index in [0.717, 1.165) is 36.2 Å². The Hall–Kier alpha value is -1.43. The maximum Gasteiger partial charge on any atom is 0.325 e. The molecule has 0 radical (unpaired) electrons. The molecule has 2 rings (SSSR count). The summed E-state index contributed by atoms with van der Waals surface area (Å²) in [5, 5.41) is 0. The minimum Gasteiger partial charge on any atom is -0.293 e. The van der Waals surface area contributed by atoms with Gasteiger partial charge in [-0.25, -0.2) is 4.79 Å². The number of hydrogen-bond donors (Lipinski definition) is 0. The van der Waals surface area contributed by atoms with Gasteiger partial charge < -0.3 is 0 Å². The fraction of sp³-hybridized carbons (Fsp3) is 0.667. The first-order chi connectivity index (χ1) is 9.61. The first-order valence-electron chi connectivity index (χ1n) is 7.48. The van der Waals surface area contributed by atoms with Gasteiger partial charge in [0.25, 0.3) is 0 Å². The van der Waals surface area contributed by atoms with Crippen LogP contribution in [-0.4, -0.2) is 42.6 Å². The molecule has 4 amide bonds. The first-order valence-corrected chi connectivity index (χ1v) is 10.9. The predicted molar refractivity (Wildman–Crippen MR) is 83.0 cm³/mol. The van der Waals surface area contributed by atoms with Crippen LogP contribution < -0.4 is 0 Å². The molecule has 0 bridgehead atoms. The van der Waals surface area contributed by atoms with E-state index in [1.54, 1.807) is 6.92 Å². The molecular formula is C15H24N2O3Si. The number of nitrogens with zero attached hydrogens (tertiary/aromatic N) is 2. The van der Waals surface area contributed by atoms with Crippen LogP contribution in [0.15, 0.2) is 11.6 Å². The van der Waals surface area contributed by atoms with Gasteiger partial charge in [-0.2, -0.15) is 0 Å². The summed E-state index contributed by atoms with van der Waals surface area (Å²) in [6, 6.07) is -0.474. The molecule has 0 aromatic carbocycles. The molecule has 1 atom stereocenters. The quantitative estimate of drug-likeness (QED) is 0.448. The topological polar surface area (TPSA) is 57.7 Å². The Labute approximate surface area is 127 Å². The van der Waals surface area contributed by atoms with Crippen LogP contribution in [0, 0.1) is 5.41 Å². The highest BCUT2D eigenvalue weighted by Crippen LogP contribution is 2.41. The number of barbiturate groups is 1. The monoisotopic (exact) mass is 308 g/mol. The molecule has 0 spiro atoms. The minimum absolute atomic E-state index is 0.331. The first kappa shape index (κ1) is 15.9. The lowest BCUT2D eigenvalue weighted by atomic mass is 9.74. The van der Waals surface area contributed by atoms with E-state index in [1.165, 1.54) is 11.6 Å². The molecule has 116 valence electrons. The van der Waals surface area contributed by atoms with Crippen LogP contribution in [0.4, 0.5) is 4.79 Å². The number of allylic oxidation sites excluding steroid dienone is 1. The van der Waals surface area contributed by atoms with Gasteiger partial charge in [-0.05, 0) is 38.2 Å². The normalized spacial score (nSPS) is 28.0. The zero-order chi connectivity index (χ0) is 16.0. The largest absolute Gasteiger partial charge is 0.325 e. The van der Waals surface area contributed by atoms with Crippen LogP contribution in [0.25, 0.3) is 0 Å². The molecule has 21 heavy (non-hydrogen) atoms. The highest BCUT2D eigenvalue weighted by atomic mass is 28.3. The van der Waals surface area contributed by atoms with Gasteiger partial charge in [0.2, 0.25) is 11.8 Å². The van der Waals surface area contributed by atoms with Crippen molar-refractivity contribution in [2.24, 2.45) is 5.41 Å². The summed E-state index contributed by atoms with van der Waals surface area (Å²) in [5.74, 6) is -0.719. The second kappa shape index (κ2) is 5.09. The standard InChI is InChI=1S/C15H24N2O3Si/c1-15(11-9-7-6-8-10-11)12(18)16(2)14(20)17(13(15)19)21(3,4)5/h9H,6-8,10H2,1-5H3. The molecule has 1 aliphatic heterocycles. The average Bonchev–Trinajstić information content (AvgIpc) is 2.42. The molecule has 1 aliphatic carbocycles. The number of amides is 4. The molecule has 1 heterocycles. The van der Waals surface area contributed by atoms with Gasteiger partial charge in [0.1, 0.15) is 5.41 Å². The van der Waals surface area contributed by atoms with Gasteiger partial charge in [0.15, 0.2) is 8.24 Å². The van der Waals surface area contributed by atoms with E-state index in [4.69, 9.17) is 0 Å². The van der Waals surface area contributed by atoms with Crippen molar-refractivity contribution in [3.63, 3.8) is 0 Å². The van der Waals surface area contributed by atoms with Gasteiger partial charge in [-0.3, -0.25) is 19.1 Å². The van der Waals surface area contributed by atoms with Crippen molar-refractivity contribution >= 4 is 26.1 Å². The number of rotatable bonds is 2. The Kier molecular flexibility index (Phi) is 3.86. The lowest BCUT2D eigenvalue weighted by Crippen LogP contribution is -2.69. The van der Waals surface area contributed by atoms with Gasteiger partial charge in [0, 0.05) is 7.05 Å². The maximum absolute atomic E-state index is 13.0. The summed E-state index contributed by atoms with van der Waals surface area (Å²) in [6.07, 6.45) is 5.76. The molecule has 1 saturated heterocycles. The summed E-state index contributed by atoms with van der Waals surface area (Å²) in [7, 11) is -0.715. The molecule has 0 N–H and O–H groups in total. The van der Waals surface area contributed by atoms with Gasteiger partial charge in [0.05, 0.1) is 0 Å². The van der Waals surface area contributed by atoms with Crippen LogP contribution in [0.1, 0.15) is 32.6 Å². The lowest BCUT2D eigenvalue weighted by molar-refractivity contribution is -0.151. The summed E-state index contributed by atoms with van der Waals surface area (Å²) in [5.41, 5.74) is -0.324. The van der Waals surface area contributed by atoms with Crippen molar-refractivity contribution in [1.29, 1.82) is 0 Å². The van der Waals surface area contributed by atoms with Crippen LogP contribution in [-0.2, 0) is 9.59 Å². The van der Waals surface area contributed by atoms with Gasteiger partial charge >= 0.3 is 6.03 Å². The molecule has 6 heteroatoms. The zero-order valence-electron chi connectivity index (χ0n) is 13.5. The van der Waals surface area contributed by atoms with E-state index in [2.05, 4.69) is 0 Å². The van der Waals surface area contributed by atoms with Gasteiger partial charge in [-0.1, -0.05) is 25.7 Å². The van der Waals surface area contributed by atoms with Crippen LogP contribution >= 0.6 is 0 Å². The lowest BCUT2D eigenvalue weighted by Gasteiger charge is -2.47. The third-order valence-electron chi connectivity index (χ3n) is 4.45. The molecule has 0 aromatic heterocycles. The highest BCUT2D eigenvalue weighted by molar-refractivity contribution is 6.78. The van der Waals surface area contributed by atoms with E-state index in [-0.39, 0.29) is 11.8 Å². The summed E-state index contributed by atoms with van der Waals surface area (Å²) in [6.45, 7) is 7.53. The molecule has 0 aromatic rings. The third-order valence-corrected chi connectivity index (χ3v) is 6.18. The Morgan fingerprint density at radius 3 is 2.19 bits per heavy atom. The molecule has 5 nitrogen and oxygen atoms in total. The van der Waals surface area contributed by atoms with Crippen molar-refractivity contribution in [2.45, 2.75) is 52.2 Å². The smallest absolute Gasteiger partial charge is 0.293 e. The van der Waals surface area contributed by atoms with Crippen molar-refractivity contribution in [1.82, 2.24) is 9.47 Å². The van der Waals surface area contributed by atoms with Crippen molar-refractivity contribution in [3.8, 4) is 0 Å². The molecule has 1 fully saturated rings. The SMILES string of the molecule is CN1C(=O)N([Si](C)(C)C)C(=O)C(C)(C2=CCCCC2)C1=O. The average molecular weight is 308 g/mol. The number of carbonyl (C=O) groups is 3. The fourth-order valence-electron chi connectivity index (χ4n) is 3.13. The van der Waals surface area contributed by atoms with E-state index in [0.29, 0.717) is 0 Å².